The van der Waals surface area contributed by atoms with Crippen LogP contribution in [0.2, 0.25) is 0 Å². The van der Waals surface area contributed by atoms with Gasteiger partial charge in [-0.2, -0.15) is 0 Å². The van der Waals surface area contributed by atoms with E-state index in [1.165, 1.54) is 17.7 Å². The molecule has 2 rings (SSSR count). The van der Waals surface area contributed by atoms with Crippen LogP contribution in [0.4, 0.5) is 0 Å². The lowest BCUT2D eigenvalue weighted by Gasteiger charge is -2.17. The van der Waals surface area contributed by atoms with Gasteiger partial charge >= 0.3 is 0 Å². The predicted octanol–water partition coefficient (Wildman–Crippen LogP) is 2.81. The van der Waals surface area contributed by atoms with Gasteiger partial charge in [0.2, 0.25) is 0 Å². The molecule has 0 bridgehead atoms. The van der Waals surface area contributed by atoms with Gasteiger partial charge in [-0.05, 0) is 42.5 Å². The fourth-order valence-corrected chi connectivity index (χ4v) is 2.39. The Morgan fingerprint density at radius 1 is 1.62 bits per heavy atom. The summed E-state index contributed by atoms with van der Waals surface area (Å²) in [6, 6.07) is 4.73. The third-order valence-electron chi connectivity index (χ3n) is 3.22. The first-order chi connectivity index (χ1) is 6.21. The zero-order valence-electron chi connectivity index (χ0n) is 8.12. The van der Waals surface area contributed by atoms with E-state index >= 15 is 0 Å². The maximum absolute atomic E-state index is 6.13. The average Bonchev–Trinajstić information content (AvgIpc) is 2.70. The zero-order valence-corrected chi connectivity index (χ0v) is 8.94. The van der Waals surface area contributed by atoms with Crippen LogP contribution in [0.5, 0.6) is 0 Å². The minimum absolute atomic E-state index is 0.412. The van der Waals surface area contributed by atoms with Gasteiger partial charge in [-0.3, -0.25) is 0 Å². The third-order valence-corrected chi connectivity index (χ3v) is 4.15. The molecule has 72 valence electrons. The molecular weight excluding hydrogens is 178 g/mol. The van der Waals surface area contributed by atoms with Crippen molar-refractivity contribution in [3.63, 3.8) is 0 Å². The summed E-state index contributed by atoms with van der Waals surface area (Å²) in [5.74, 6) is 0. The van der Waals surface area contributed by atoms with Crippen molar-refractivity contribution in [1.29, 1.82) is 0 Å². The first-order valence-electron chi connectivity index (χ1n) is 4.99. The molecule has 0 saturated heterocycles. The minimum atomic E-state index is 0.412. The number of hydrogen-bond acceptors (Lipinski definition) is 2. The van der Waals surface area contributed by atoms with Crippen molar-refractivity contribution >= 4 is 11.3 Å². The minimum Gasteiger partial charge on any atom is -0.327 e. The summed E-state index contributed by atoms with van der Waals surface area (Å²) in [6.45, 7) is 2.31. The van der Waals surface area contributed by atoms with Crippen molar-refractivity contribution in [2.75, 3.05) is 0 Å². The fraction of sp³-hybridized carbons (Fsp3) is 0.636. The number of nitrogens with two attached hydrogens (primary N) is 1. The number of thiophene rings is 1. The molecule has 1 atom stereocenters. The molecule has 1 unspecified atom stereocenters. The topological polar surface area (TPSA) is 26.0 Å². The van der Waals surface area contributed by atoms with E-state index in [4.69, 9.17) is 5.73 Å². The van der Waals surface area contributed by atoms with Gasteiger partial charge in [-0.25, -0.2) is 0 Å². The van der Waals surface area contributed by atoms with E-state index in [2.05, 4.69) is 24.4 Å². The number of rotatable bonds is 4. The molecule has 1 aromatic rings. The first-order valence-corrected chi connectivity index (χ1v) is 5.87. The maximum atomic E-state index is 6.13. The molecule has 1 heterocycles. The van der Waals surface area contributed by atoms with Crippen molar-refractivity contribution in [2.45, 2.75) is 38.6 Å². The lowest BCUT2D eigenvalue weighted by atomic mass is 9.95. The van der Waals surface area contributed by atoms with Crippen LogP contribution in [-0.2, 0) is 6.42 Å². The highest BCUT2D eigenvalue weighted by molar-refractivity contribution is 7.09. The second kappa shape index (κ2) is 3.43. The maximum Gasteiger partial charge on any atom is 0.00963 e. The summed E-state index contributed by atoms with van der Waals surface area (Å²) in [5, 5.41) is 2.14. The lowest BCUT2D eigenvalue weighted by Crippen LogP contribution is -2.29. The van der Waals surface area contributed by atoms with E-state index in [9.17, 15) is 0 Å². The van der Waals surface area contributed by atoms with Gasteiger partial charge in [-0.1, -0.05) is 13.0 Å². The summed E-state index contributed by atoms with van der Waals surface area (Å²) in [5.41, 5.74) is 6.62. The second-order valence-corrected chi connectivity index (χ2v) is 5.41. The average molecular weight is 195 g/mol. The molecule has 1 aliphatic carbocycles. The van der Waals surface area contributed by atoms with Gasteiger partial charge in [0.15, 0.2) is 0 Å². The molecule has 1 aliphatic rings. The van der Waals surface area contributed by atoms with Crippen LogP contribution in [0.15, 0.2) is 17.5 Å². The molecule has 1 nitrogen and oxygen atoms in total. The number of hydrogen-bond donors (Lipinski definition) is 1. The van der Waals surface area contributed by atoms with Gasteiger partial charge in [0.1, 0.15) is 0 Å². The third kappa shape index (κ3) is 2.12. The van der Waals surface area contributed by atoms with Crippen LogP contribution >= 0.6 is 11.3 Å². The Bertz CT molecular complexity index is 262. The Labute approximate surface area is 84.0 Å². The van der Waals surface area contributed by atoms with Crippen LogP contribution in [0.25, 0.3) is 0 Å². The summed E-state index contributed by atoms with van der Waals surface area (Å²) in [6.07, 6.45) is 4.97. The number of aryl methyl sites for hydroxylation is 1. The molecular formula is C11H17NS. The highest BCUT2D eigenvalue weighted by atomic mass is 32.1. The Morgan fingerprint density at radius 2 is 2.38 bits per heavy atom. The highest BCUT2D eigenvalue weighted by Crippen LogP contribution is 2.48. The zero-order chi connectivity index (χ0) is 9.31. The molecule has 1 aromatic heterocycles. The fourth-order valence-electron chi connectivity index (χ4n) is 1.67. The first kappa shape index (κ1) is 9.22. The van der Waals surface area contributed by atoms with Crippen LogP contribution < -0.4 is 5.73 Å². The van der Waals surface area contributed by atoms with Crippen LogP contribution in [0, 0.1) is 5.41 Å². The highest BCUT2D eigenvalue weighted by Gasteiger charge is 2.42. The van der Waals surface area contributed by atoms with Crippen molar-refractivity contribution in [3.05, 3.63) is 22.4 Å². The van der Waals surface area contributed by atoms with E-state index < -0.39 is 0 Å². The standard InChI is InChI=1S/C11H17NS/c1-11(6-7-11)10(12)5-4-9-3-2-8-13-9/h2-3,8,10H,4-7,12H2,1H3. The van der Waals surface area contributed by atoms with E-state index in [-0.39, 0.29) is 0 Å². The van der Waals surface area contributed by atoms with Crippen molar-refractivity contribution in [3.8, 4) is 0 Å². The van der Waals surface area contributed by atoms with E-state index in [1.807, 2.05) is 11.3 Å². The van der Waals surface area contributed by atoms with E-state index in [0.29, 0.717) is 11.5 Å². The quantitative estimate of drug-likeness (QED) is 0.785. The van der Waals surface area contributed by atoms with Crippen LogP contribution in [0.1, 0.15) is 31.1 Å². The summed E-state index contributed by atoms with van der Waals surface area (Å²) < 4.78 is 0. The monoisotopic (exact) mass is 195 g/mol. The largest absolute Gasteiger partial charge is 0.327 e. The van der Waals surface area contributed by atoms with Crippen molar-refractivity contribution in [2.24, 2.45) is 11.1 Å². The predicted molar refractivity (Wildman–Crippen MR) is 58.0 cm³/mol. The molecule has 0 aromatic carbocycles. The summed E-state index contributed by atoms with van der Waals surface area (Å²) in [4.78, 5) is 1.47. The normalized spacial score (nSPS) is 21.4. The van der Waals surface area contributed by atoms with Crippen LogP contribution in [-0.4, -0.2) is 6.04 Å². The molecule has 2 N–H and O–H groups in total. The van der Waals surface area contributed by atoms with Crippen LogP contribution in [0.3, 0.4) is 0 Å². The molecule has 1 fully saturated rings. The molecule has 0 amide bonds. The van der Waals surface area contributed by atoms with E-state index in [0.717, 1.165) is 12.8 Å². The second-order valence-electron chi connectivity index (χ2n) is 4.38. The molecule has 13 heavy (non-hydrogen) atoms. The van der Waals surface area contributed by atoms with E-state index in [1.54, 1.807) is 0 Å². The van der Waals surface area contributed by atoms with Gasteiger partial charge < -0.3 is 5.73 Å². The Kier molecular flexibility index (Phi) is 2.43. The van der Waals surface area contributed by atoms with Gasteiger partial charge in [-0.15, -0.1) is 11.3 Å². The van der Waals surface area contributed by atoms with Gasteiger partial charge in [0.25, 0.3) is 0 Å². The van der Waals surface area contributed by atoms with Gasteiger partial charge in [0, 0.05) is 10.9 Å². The SMILES string of the molecule is CC1(C(N)CCc2cccs2)CC1. The van der Waals surface area contributed by atoms with Crippen molar-refractivity contribution < 1.29 is 0 Å². The van der Waals surface area contributed by atoms with Crippen molar-refractivity contribution in [1.82, 2.24) is 0 Å². The summed E-state index contributed by atoms with van der Waals surface area (Å²) in [7, 11) is 0. The molecule has 2 heteroatoms. The Morgan fingerprint density at radius 3 is 2.92 bits per heavy atom. The smallest absolute Gasteiger partial charge is 0.00963 e. The lowest BCUT2D eigenvalue weighted by molar-refractivity contribution is 0.413. The molecule has 0 spiro atoms. The molecule has 0 radical (unpaired) electrons. The van der Waals surface area contributed by atoms with Gasteiger partial charge in [0.05, 0.1) is 0 Å². The Balaban J connectivity index is 1.79. The molecule has 0 aliphatic heterocycles. The summed E-state index contributed by atoms with van der Waals surface area (Å²) >= 11 is 1.84. The molecule has 1 saturated carbocycles. The Hall–Kier alpha value is -0.340.